The fourth-order valence-corrected chi connectivity index (χ4v) is 1.89. The van der Waals surface area contributed by atoms with Crippen LogP contribution in [0.2, 0.25) is 0 Å². The molecule has 0 saturated carbocycles. The van der Waals surface area contributed by atoms with E-state index in [1.165, 1.54) is 19.1 Å². The smallest absolute Gasteiger partial charge is 0.160 e. The number of halogens is 2. The average molecular weight is 246 g/mol. The van der Waals surface area contributed by atoms with Gasteiger partial charge in [0.1, 0.15) is 11.6 Å². The van der Waals surface area contributed by atoms with Gasteiger partial charge in [-0.2, -0.15) is 0 Å². The highest BCUT2D eigenvalue weighted by Gasteiger charge is 2.10. The van der Waals surface area contributed by atoms with Gasteiger partial charge in [-0.25, -0.2) is 8.78 Å². The van der Waals surface area contributed by atoms with Crippen LogP contribution in [0.25, 0.3) is 11.1 Å². The van der Waals surface area contributed by atoms with Gasteiger partial charge in [0.05, 0.1) is 0 Å². The zero-order valence-corrected chi connectivity index (χ0v) is 10.1. The quantitative estimate of drug-likeness (QED) is 0.728. The summed E-state index contributed by atoms with van der Waals surface area (Å²) < 4.78 is 26.5. The molecule has 0 heterocycles. The Hall–Kier alpha value is -2.03. The summed E-state index contributed by atoms with van der Waals surface area (Å²) in [7, 11) is 0. The molecule has 2 rings (SSSR count). The Morgan fingerprint density at radius 2 is 1.78 bits per heavy atom. The maximum absolute atomic E-state index is 13.6. The molecule has 0 atom stereocenters. The number of ketones is 1. The van der Waals surface area contributed by atoms with Gasteiger partial charge >= 0.3 is 0 Å². The summed E-state index contributed by atoms with van der Waals surface area (Å²) >= 11 is 0. The molecule has 3 heteroatoms. The van der Waals surface area contributed by atoms with Crippen LogP contribution < -0.4 is 0 Å². The van der Waals surface area contributed by atoms with Crippen molar-refractivity contribution in [1.82, 2.24) is 0 Å². The van der Waals surface area contributed by atoms with Crippen molar-refractivity contribution in [2.45, 2.75) is 13.8 Å². The van der Waals surface area contributed by atoms with Gasteiger partial charge in [-0.15, -0.1) is 0 Å². The van der Waals surface area contributed by atoms with Gasteiger partial charge < -0.3 is 0 Å². The molecule has 0 N–H and O–H groups in total. The summed E-state index contributed by atoms with van der Waals surface area (Å²) in [6, 6.07) is 8.52. The lowest BCUT2D eigenvalue weighted by atomic mass is 9.97. The number of rotatable bonds is 2. The second-order valence-electron chi connectivity index (χ2n) is 4.21. The molecule has 2 aromatic rings. The predicted molar refractivity (Wildman–Crippen MR) is 66.5 cm³/mol. The monoisotopic (exact) mass is 246 g/mol. The number of Topliss-reactive ketones (excluding diaryl/α,β-unsaturated/α-hetero) is 1. The number of carbonyl (C=O) groups excluding carboxylic acids is 1. The Labute approximate surface area is 104 Å². The summed E-state index contributed by atoms with van der Waals surface area (Å²) in [4.78, 5) is 11.4. The summed E-state index contributed by atoms with van der Waals surface area (Å²) in [5, 5.41) is 0. The Bertz CT molecular complexity index is 618. The van der Waals surface area contributed by atoms with Crippen LogP contribution in [-0.2, 0) is 0 Å². The first kappa shape index (κ1) is 12.4. The first-order chi connectivity index (χ1) is 8.49. The topological polar surface area (TPSA) is 17.1 Å². The van der Waals surface area contributed by atoms with Crippen molar-refractivity contribution in [3.8, 4) is 11.1 Å². The Kier molecular flexibility index (Phi) is 3.24. The van der Waals surface area contributed by atoms with Crippen LogP contribution in [0.4, 0.5) is 8.78 Å². The third-order valence-corrected chi connectivity index (χ3v) is 2.86. The summed E-state index contributed by atoms with van der Waals surface area (Å²) in [5.41, 5.74) is 2.26. The van der Waals surface area contributed by atoms with E-state index in [1.54, 1.807) is 18.2 Å². The first-order valence-corrected chi connectivity index (χ1v) is 5.56. The second kappa shape index (κ2) is 4.69. The number of hydrogen-bond acceptors (Lipinski definition) is 1. The molecule has 18 heavy (non-hydrogen) atoms. The van der Waals surface area contributed by atoms with Gasteiger partial charge in [0.25, 0.3) is 0 Å². The first-order valence-electron chi connectivity index (χ1n) is 5.56. The fourth-order valence-electron chi connectivity index (χ4n) is 1.89. The van der Waals surface area contributed by atoms with Crippen molar-refractivity contribution in [3.05, 3.63) is 59.2 Å². The molecule has 0 aliphatic heterocycles. The molecule has 92 valence electrons. The van der Waals surface area contributed by atoms with Crippen molar-refractivity contribution in [2.24, 2.45) is 0 Å². The van der Waals surface area contributed by atoms with E-state index in [0.29, 0.717) is 16.7 Å². The maximum atomic E-state index is 13.6. The fraction of sp³-hybridized carbons (Fsp3) is 0.133. The van der Waals surface area contributed by atoms with E-state index < -0.39 is 11.6 Å². The van der Waals surface area contributed by atoms with Crippen LogP contribution in [-0.4, -0.2) is 5.78 Å². The maximum Gasteiger partial charge on any atom is 0.160 e. The zero-order chi connectivity index (χ0) is 13.3. The van der Waals surface area contributed by atoms with Gasteiger partial charge in [0.15, 0.2) is 5.78 Å². The number of aryl methyl sites for hydroxylation is 1. The molecule has 0 amide bonds. The van der Waals surface area contributed by atoms with E-state index in [-0.39, 0.29) is 5.78 Å². The lowest BCUT2D eigenvalue weighted by Crippen LogP contribution is -1.97. The minimum absolute atomic E-state index is 0.0723. The highest BCUT2D eigenvalue weighted by atomic mass is 19.1. The van der Waals surface area contributed by atoms with E-state index >= 15 is 0 Å². The van der Waals surface area contributed by atoms with Crippen LogP contribution >= 0.6 is 0 Å². The summed E-state index contributed by atoms with van der Waals surface area (Å²) in [6.07, 6.45) is 0. The van der Waals surface area contributed by atoms with Gasteiger partial charge in [-0.05, 0) is 43.2 Å². The molecule has 0 aromatic heterocycles. The molecular formula is C15H12F2O. The minimum atomic E-state index is -0.631. The predicted octanol–water partition coefficient (Wildman–Crippen LogP) is 4.14. The molecule has 0 unspecified atom stereocenters. The van der Waals surface area contributed by atoms with Crippen molar-refractivity contribution in [2.75, 3.05) is 0 Å². The molecule has 0 radical (unpaired) electrons. The molecule has 0 bridgehead atoms. The van der Waals surface area contributed by atoms with Gasteiger partial charge in [-0.3, -0.25) is 4.79 Å². The van der Waals surface area contributed by atoms with Crippen LogP contribution in [0.3, 0.4) is 0 Å². The van der Waals surface area contributed by atoms with Crippen LogP contribution in [0.15, 0.2) is 36.4 Å². The second-order valence-corrected chi connectivity index (χ2v) is 4.21. The largest absolute Gasteiger partial charge is 0.295 e. The van der Waals surface area contributed by atoms with Crippen molar-refractivity contribution < 1.29 is 13.6 Å². The van der Waals surface area contributed by atoms with Gasteiger partial charge in [0, 0.05) is 17.2 Å². The standard InChI is InChI=1S/C15H12F2O/c1-9-3-4-11(7-14(9)10(2)18)13-6-5-12(16)8-15(13)17/h3-8H,1-2H3. The third-order valence-electron chi connectivity index (χ3n) is 2.86. The van der Waals surface area contributed by atoms with Crippen molar-refractivity contribution >= 4 is 5.78 Å². The highest BCUT2D eigenvalue weighted by Crippen LogP contribution is 2.25. The molecule has 0 spiro atoms. The number of hydrogen-bond donors (Lipinski definition) is 0. The molecular weight excluding hydrogens is 234 g/mol. The molecule has 1 nitrogen and oxygen atoms in total. The Morgan fingerprint density at radius 1 is 1.06 bits per heavy atom. The van der Waals surface area contributed by atoms with Gasteiger partial charge in [-0.1, -0.05) is 12.1 Å². The Balaban J connectivity index is 2.58. The molecule has 0 fully saturated rings. The third kappa shape index (κ3) is 2.30. The van der Waals surface area contributed by atoms with E-state index in [2.05, 4.69) is 0 Å². The van der Waals surface area contributed by atoms with Gasteiger partial charge in [0.2, 0.25) is 0 Å². The van der Waals surface area contributed by atoms with Crippen LogP contribution in [0.5, 0.6) is 0 Å². The van der Waals surface area contributed by atoms with E-state index in [1.807, 2.05) is 6.92 Å². The van der Waals surface area contributed by atoms with Crippen molar-refractivity contribution in [1.29, 1.82) is 0 Å². The molecule has 0 saturated heterocycles. The lowest BCUT2D eigenvalue weighted by molar-refractivity contribution is 0.101. The van der Waals surface area contributed by atoms with Crippen molar-refractivity contribution in [3.63, 3.8) is 0 Å². The normalized spacial score (nSPS) is 10.4. The Morgan fingerprint density at radius 3 is 2.39 bits per heavy atom. The summed E-state index contributed by atoms with van der Waals surface area (Å²) in [6.45, 7) is 3.29. The molecule has 0 aliphatic rings. The average Bonchev–Trinajstić information content (AvgIpc) is 2.30. The van der Waals surface area contributed by atoms with E-state index in [4.69, 9.17) is 0 Å². The lowest BCUT2D eigenvalue weighted by Gasteiger charge is -2.07. The zero-order valence-electron chi connectivity index (χ0n) is 10.1. The number of benzene rings is 2. The molecule has 0 aliphatic carbocycles. The number of carbonyl (C=O) groups is 1. The van der Waals surface area contributed by atoms with Crippen LogP contribution in [0, 0.1) is 18.6 Å². The van der Waals surface area contributed by atoms with Crippen LogP contribution in [0.1, 0.15) is 22.8 Å². The van der Waals surface area contributed by atoms with E-state index in [0.717, 1.165) is 11.6 Å². The summed E-state index contributed by atoms with van der Waals surface area (Å²) in [5.74, 6) is -1.32. The molecule has 2 aromatic carbocycles. The van der Waals surface area contributed by atoms with E-state index in [9.17, 15) is 13.6 Å². The minimum Gasteiger partial charge on any atom is -0.295 e. The highest BCUT2D eigenvalue weighted by molar-refractivity contribution is 5.96. The SMILES string of the molecule is CC(=O)c1cc(-c2ccc(F)cc2F)ccc1C.